The van der Waals surface area contributed by atoms with Crippen LogP contribution in [0.25, 0.3) is 10.9 Å². The topological polar surface area (TPSA) is 69.7 Å². The molecule has 0 spiro atoms. The Kier molecular flexibility index (Phi) is 4.77. The van der Waals surface area contributed by atoms with E-state index in [1.807, 2.05) is 24.3 Å². The number of nitrogens with one attached hydrogen (secondary N) is 1. The average Bonchev–Trinajstić information content (AvgIpc) is 2.81. The summed E-state index contributed by atoms with van der Waals surface area (Å²) in [4.78, 5) is 17.6. The van der Waals surface area contributed by atoms with Crippen molar-refractivity contribution in [3.63, 3.8) is 0 Å². The second kappa shape index (κ2) is 7.61. The maximum Gasteiger partial charge on any atom is 0.203 e. The van der Waals surface area contributed by atoms with E-state index in [2.05, 4.69) is 22.4 Å². The number of ether oxygens (including phenoxy) is 3. The molecule has 0 amide bonds. The Balaban J connectivity index is 1.80. The first-order chi connectivity index (χ1) is 15.2. The Hall–Kier alpha value is -3.54. The number of carbonyl (C=O) groups is 1. The molecule has 1 N–H and O–H groups in total. The number of hydrogen-bond acceptors (Lipinski definition) is 6. The minimum absolute atomic E-state index is 0.185. The van der Waals surface area contributed by atoms with Gasteiger partial charge in [0.15, 0.2) is 17.3 Å². The maximum absolute atomic E-state index is 13.1. The van der Waals surface area contributed by atoms with E-state index in [9.17, 15) is 4.79 Å². The van der Waals surface area contributed by atoms with Crippen LogP contribution in [-0.2, 0) is 4.79 Å². The van der Waals surface area contributed by atoms with Crippen LogP contribution in [0.15, 0.2) is 53.9 Å². The molecule has 1 aliphatic heterocycles. The summed E-state index contributed by atoms with van der Waals surface area (Å²) in [5, 5.41) is 4.63. The van der Waals surface area contributed by atoms with Crippen molar-refractivity contribution in [2.45, 2.75) is 25.2 Å². The number of carbonyl (C=O) groups excluding carboxylic acids is 1. The number of allylic oxidation sites excluding steroid dienone is 2. The number of methoxy groups -OCH3 is 3. The number of benzene rings is 2. The van der Waals surface area contributed by atoms with Gasteiger partial charge in [-0.1, -0.05) is 6.07 Å². The molecule has 2 aliphatic rings. The van der Waals surface area contributed by atoms with Gasteiger partial charge < -0.3 is 19.5 Å². The zero-order chi connectivity index (χ0) is 21.5. The average molecular weight is 416 g/mol. The summed E-state index contributed by atoms with van der Waals surface area (Å²) in [5.41, 5.74) is 5.74. The first-order valence-electron chi connectivity index (χ1n) is 10.4. The third kappa shape index (κ3) is 3.02. The van der Waals surface area contributed by atoms with Crippen molar-refractivity contribution < 1.29 is 19.0 Å². The zero-order valence-electron chi connectivity index (χ0n) is 17.8. The van der Waals surface area contributed by atoms with Crippen molar-refractivity contribution in [1.82, 2.24) is 4.98 Å². The van der Waals surface area contributed by atoms with Gasteiger partial charge in [-0.15, -0.1) is 0 Å². The first kappa shape index (κ1) is 19.4. The fourth-order valence-electron chi connectivity index (χ4n) is 4.80. The molecule has 0 radical (unpaired) electrons. The normalized spacial score (nSPS) is 17.6. The Bertz CT molecular complexity index is 1210. The number of ketones is 1. The number of fused-ring (bicyclic) bond motifs is 3. The smallest absolute Gasteiger partial charge is 0.203 e. The highest BCUT2D eigenvalue weighted by molar-refractivity contribution is 6.04. The summed E-state index contributed by atoms with van der Waals surface area (Å²) in [6.07, 6.45) is 4.05. The highest BCUT2D eigenvalue weighted by Crippen LogP contribution is 2.50. The number of anilines is 1. The lowest BCUT2D eigenvalue weighted by Crippen LogP contribution is -2.27. The van der Waals surface area contributed by atoms with Gasteiger partial charge in [0.1, 0.15) is 0 Å². The summed E-state index contributed by atoms with van der Waals surface area (Å²) in [5.74, 6) is 1.64. The number of aromatic nitrogens is 1. The first-order valence-corrected chi connectivity index (χ1v) is 10.4. The fraction of sp³-hybridized carbons (Fsp3) is 0.280. The van der Waals surface area contributed by atoms with Gasteiger partial charge in [0.2, 0.25) is 5.75 Å². The van der Waals surface area contributed by atoms with Gasteiger partial charge in [-0.3, -0.25) is 9.78 Å². The van der Waals surface area contributed by atoms with Crippen LogP contribution in [0, 0.1) is 0 Å². The molecule has 1 aromatic heterocycles. The number of Topliss-reactive ketones (excluding diaryl/α,β-unsaturated/α-hetero) is 1. The molecule has 2 aromatic carbocycles. The molecule has 5 rings (SSSR count). The second-order valence-electron chi connectivity index (χ2n) is 7.79. The Morgan fingerprint density at radius 3 is 2.48 bits per heavy atom. The zero-order valence-corrected chi connectivity index (χ0v) is 17.8. The van der Waals surface area contributed by atoms with Crippen molar-refractivity contribution in [3.05, 3.63) is 65.0 Å². The monoisotopic (exact) mass is 416 g/mol. The van der Waals surface area contributed by atoms with Crippen molar-refractivity contribution in [2.75, 3.05) is 26.6 Å². The van der Waals surface area contributed by atoms with Gasteiger partial charge in [0.25, 0.3) is 0 Å². The minimum atomic E-state index is -0.225. The number of hydrogen-bond donors (Lipinski definition) is 1. The molecule has 158 valence electrons. The van der Waals surface area contributed by atoms with E-state index < -0.39 is 0 Å². The van der Waals surface area contributed by atoms with Crippen LogP contribution >= 0.6 is 0 Å². The Morgan fingerprint density at radius 2 is 1.77 bits per heavy atom. The predicted octanol–water partition coefficient (Wildman–Crippen LogP) is 4.83. The highest BCUT2D eigenvalue weighted by atomic mass is 16.5. The Labute approximate surface area is 180 Å². The molecule has 1 unspecified atom stereocenters. The molecule has 0 saturated heterocycles. The summed E-state index contributed by atoms with van der Waals surface area (Å²) in [6.45, 7) is 0. The minimum Gasteiger partial charge on any atom is -0.493 e. The quantitative estimate of drug-likeness (QED) is 0.657. The lowest BCUT2D eigenvalue weighted by Gasteiger charge is -2.35. The Morgan fingerprint density at radius 1 is 1.00 bits per heavy atom. The van der Waals surface area contributed by atoms with E-state index in [0.29, 0.717) is 23.7 Å². The molecule has 1 aliphatic carbocycles. The molecule has 2 heterocycles. The van der Waals surface area contributed by atoms with Crippen LogP contribution in [0.4, 0.5) is 5.69 Å². The van der Waals surface area contributed by atoms with E-state index >= 15 is 0 Å². The summed E-state index contributed by atoms with van der Waals surface area (Å²) in [6, 6.07) is 12.0. The van der Waals surface area contributed by atoms with Gasteiger partial charge in [0, 0.05) is 35.2 Å². The SMILES string of the molecule is COc1cc(C2C3=C(CCCC3=O)Nc3c2ccc2ncccc32)cc(OC)c1OC. The van der Waals surface area contributed by atoms with Crippen LogP contribution in [0.5, 0.6) is 17.2 Å². The molecule has 1 atom stereocenters. The van der Waals surface area contributed by atoms with Gasteiger partial charge in [-0.05, 0) is 54.3 Å². The van der Waals surface area contributed by atoms with E-state index in [-0.39, 0.29) is 11.7 Å². The predicted molar refractivity (Wildman–Crippen MR) is 119 cm³/mol. The van der Waals surface area contributed by atoms with E-state index in [0.717, 1.165) is 51.8 Å². The molecule has 6 nitrogen and oxygen atoms in total. The van der Waals surface area contributed by atoms with Gasteiger partial charge in [-0.25, -0.2) is 0 Å². The summed E-state index contributed by atoms with van der Waals surface area (Å²) in [7, 11) is 4.80. The second-order valence-corrected chi connectivity index (χ2v) is 7.79. The molecule has 0 saturated carbocycles. The van der Waals surface area contributed by atoms with Crippen molar-refractivity contribution >= 4 is 22.4 Å². The molecule has 31 heavy (non-hydrogen) atoms. The summed E-state index contributed by atoms with van der Waals surface area (Å²) < 4.78 is 16.7. The van der Waals surface area contributed by atoms with E-state index in [1.54, 1.807) is 27.5 Å². The maximum atomic E-state index is 13.1. The van der Waals surface area contributed by atoms with Gasteiger partial charge >= 0.3 is 0 Å². The van der Waals surface area contributed by atoms with Crippen LogP contribution < -0.4 is 19.5 Å². The molecular weight excluding hydrogens is 392 g/mol. The van der Waals surface area contributed by atoms with Crippen molar-refractivity contribution in [1.29, 1.82) is 0 Å². The molecule has 6 heteroatoms. The van der Waals surface area contributed by atoms with Crippen LogP contribution in [0.2, 0.25) is 0 Å². The molecule has 3 aromatic rings. The van der Waals surface area contributed by atoms with Crippen LogP contribution in [0.1, 0.15) is 36.3 Å². The highest BCUT2D eigenvalue weighted by Gasteiger charge is 2.36. The largest absolute Gasteiger partial charge is 0.493 e. The van der Waals surface area contributed by atoms with E-state index in [1.165, 1.54) is 0 Å². The fourth-order valence-corrected chi connectivity index (χ4v) is 4.80. The standard InChI is InChI=1S/C25H24N2O4/c1-29-20-12-14(13-21(30-2)25(20)31-3)22-16-9-10-17-15(6-5-11-26-17)24(16)27-18-7-4-8-19(28)23(18)22/h5-6,9-13,22,27H,4,7-8H2,1-3H3. The third-order valence-corrected chi connectivity index (χ3v) is 6.17. The van der Waals surface area contributed by atoms with Gasteiger partial charge in [-0.2, -0.15) is 0 Å². The summed E-state index contributed by atoms with van der Waals surface area (Å²) >= 11 is 0. The number of pyridine rings is 1. The molecular formula is C25H24N2O4. The van der Waals surface area contributed by atoms with Crippen molar-refractivity contribution in [2.24, 2.45) is 0 Å². The van der Waals surface area contributed by atoms with Gasteiger partial charge in [0.05, 0.1) is 32.5 Å². The third-order valence-electron chi connectivity index (χ3n) is 6.17. The van der Waals surface area contributed by atoms with Crippen LogP contribution in [-0.4, -0.2) is 32.1 Å². The van der Waals surface area contributed by atoms with Crippen molar-refractivity contribution in [3.8, 4) is 17.2 Å². The van der Waals surface area contributed by atoms with Crippen LogP contribution in [0.3, 0.4) is 0 Å². The lowest BCUT2D eigenvalue weighted by molar-refractivity contribution is -0.116. The number of rotatable bonds is 4. The number of nitrogens with zero attached hydrogens (tertiary/aromatic N) is 1. The molecule has 0 bridgehead atoms. The van der Waals surface area contributed by atoms with E-state index in [4.69, 9.17) is 14.2 Å². The molecule has 0 fully saturated rings. The lowest BCUT2D eigenvalue weighted by atomic mass is 9.75.